The highest BCUT2D eigenvalue weighted by Gasteiger charge is 2.39. The van der Waals surface area contributed by atoms with Gasteiger partial charge in [0.2, 0.25) is 0 Å². The molecule has 0 spiro atoms. The molecule has 1 aliphatic rings. The smallest absolute Gasteiger partial charge is 0.0886 e. The van der Waals surface area contributed by atoms with E-state index in [1.54, 1.807) is 18.6 Å². The van der Waals surface area contributed by atoms with Crippen molar-refractivity contribution in [3.05, 3.63) is 174 Å². The molecule has 44 heavy (non-hydrogen) atoms. The van der Waals surface area contributed by atoms with Gasteiger partial charge >= 0.3 is 0 Å². The van der Waals surface area contributed by atoms with Crippen molar-refractivity contribution in [3.8, 4) is 11.4 Å². The number of hydrogen-bond acceptors (Lipinski definition) is 4. The minimum Gasteiger partial charge on any atom is -0.262 e. The summed E-state index contributed by atoms with van der Waals surface area (Å²) in [5.41, 5.74) is 9.66. The first-order valence-corrected chi connectivity index (χ1v) is 17.0. The predicted octanol–water partition coefficient (Wildman–Crippen LogP) is 9.56. The Labute approximate surface area is 261 Å². The summed E-state index contributed by atoms with van der Waals surface area (Å²) in [5, 5.41) is 0. The fraction of sp³-hybridized carbons (Fsp3) is 0.0769. The van der Waals surface area contributed by atoms with Crippen LogP contribution in [0.1, 0.15) is 34.9 Å². The van der Waals surface area contributed by atoms with E-state index in [1.807, 2.05) is 55.7 Å². The molecule has 0 bridgehead atoms. The van der Waals surface area contributed by atoms with Crippen LogP contribution in [0.5, 0.6) is 0 Å². The van der Waals surface area contributed by atoms with E-state index in [0.29, 0.717) is 0 Å². The van der Waals surface area contributed by atoms with E-state index in [0.717, 1.165) is 28.2 Å². The zero-order valence-electron chi connectivity index (χ0n) is 25.1. The summed E-state index contributed by atoms with van der Waals surface area (Å²) in [6, 6.07) is 35.9. The number of allylic oxidation sites excluding steroid dienone is 5. The van der Waals surface area contributed by atoms with Crippen LogP contribution in [0.15, 0.2) is 151 Å². The Morgan fingerprint density at radius 2 is 1.16 bits per heavy atom. The Morgan fingerprint density at radius 3 is 1.68 bits per heavy atom. The molecule has 0 atom stereocenters. The van der Waals surface area contributed by atoms with Crippen LogP contribution in [0.2, 0.25) is 0 Å². The van der Waals surface area contributed by atoms with Gasteiger partial charge in [0.05, 0.1) is 23.3 Å². The van der Waals surface area contributed by atoms with Crippen molar-refractivity contribution in [2.45, 2.75) is 6.92 Å². The lowest BCUT2D eigenvalue weighted by Gasteiger charge is -2.34. The van der Waals surface area contributed by atoms with Gasteiger partial charge in [0.25, 0.3) is 0 Å². The maximum Gasteiger partial charge on any atom is 0.0886 e. The van der Waals surface area contributed by atoms with Gasteiger partial charge in [0, 0.05) is 56.9 Å². The van der Waals surface area contributed by atoms with Crippen LogP contribution >= 0.6 is 10.0 Å². The minimum absolute atomic E-state index is 0.817. The van der Waals surface area contributed by atoms with Crippen LogP contribution < -0.4 is 0 Å². The number of nitrogens with zero attached hydrogens (tertiary/aromatic N) is 4. The molecule has 2 aromatic carbocycles. The highest BCUT2D eigenvalue weighted by atomic mass is 32.3. The lowest BCUT2D eigenvalue weighted by molar-refractivity contribution is 1.24. The van der Waals surface area contributed by atoms with Crippen molar-refractivity contribution in [1.82, 2.24) is 15.0 Å². The van der Waals surface area contributed by atoms with Crippen LogP contribution in [0, 0.1) is 0 Å². The molecular formula is C39H34N4S. The third-order valence-electron chi connectivity index (χ3n) is 7.53. The van der Waals surface area contributed by atoms with E-state index >= 15 is 0 Å². The lowest BCUT2D eigenvalue weighted by atomic mass is 9.89. The maximum atomic E-state index is 4.90. The SMILES string of the molecule is C/C=C\C=C/N=Cc1ccc(C2=C(c3ccccc3)C(c3ccccc3)=C(c3ccc(-c4ccccn4)nc3)S2(C)C)cn1. The molecule has 0 aliphatic carbocycles. The first-order valence-electron chi connectivity index (χ1n) is 14.6. The Kier molecular flexibility index (Phi) is 8.57. The summed E-state index contributed by atoms with van der Waals surface area (Å²) in [4.78, 5) is 21.2. The number of aromatic nitrogens is 3. The molecule has 0 saturated heterocycles. The molecule has 5 heteroatoms. The van der Waals surface area contributed by atoms with Crippen molar-refractivity contribution >= 4 is 37.2 Å². The van der Waals surface area contributed by atoms with Crippen molar-refractivity contribution in [3.63, 3.8) is 0 Å². The summed E-state index contributed by atoms with van der Waals surface area (Å²) in [6.07, 6.45) is 20.0. The molecule has 4 heterocycles. The molecule has 5 aromatic rings. The van der Waals surface area contributed by atoms with Crippen molar-refractivity contribution < 1.29 is 0 Å². The average Bonchev–Trinajstić information content (AvgIpc) is 3.33. The van der Waals surface area contributed by atoms with Crippen LogP contribution in [0.4, 0.5) is 0 Å². The Balaban J connectivity index is 1.53. The van der Waals surface area contributed by atoms with Crippen molar-refractivity contribution in [2.75, 3.05) is 12.5 Å². The molecule has 0 radical (unpaired) electrons. The van der Waals surface area contributed by atoms with Gasteiger partial charge in [-0.3, -0.25) is 19.9 Å². The molecule has 3 aromatic heterocycles. The Hall–Kier alpha value is -5.13. The van der Waals surface area contributed by atoms with Gasteiger partial charge < -0.3 is 0 Å². The summed E-state index contributed by atoms with van der Waals surface area (Å²) >= 11 is 0. The van der Waals surface area contributed by atoms with Gasteiger partial charge in [0.1, 0.15) is 0 Å². The quantitative estimate of drug-likeness (QED) is 0.134. The summed E-state index contributed by atoms with van der Waals surface area (Å²) in [5.74, 6) is 0. The maximum absolute atomic E-state index is 4.90. The average molecular weight is 591 g/mol. The lowest BCUT2D eigenvalue weighted by Crippen LogP contribution is -2.01. The summed E-state index contributed by atoms with van der Waals surface area (Å²) < 4.78 is 0. The first kappa shape index (κ1) is 29.0. The first-order chi connectivity index (χ1) is 21.6. The van der Waals surface area contributed by atoms with E-state index < -0.39 is 10.0 Å². The fourth-order valence-corrected chi connectivity index (χ4v) is 8.70. The molecule has 0 N–H and O–H groups in total. The second kappa shape index (κ2) is 13.0. The highest BCUT2D eigenvalue weighted by molar-refractivity contribution is 8.47. The van der Waals surface area contributed by atoms with Crippen LogP contribution in [0.25, 0.3) is 32.3 Å². The molecule has 216 valence electrons. The van der Waals surface area contributed by atoms with Crippen molar-refractivity contribution in [1.29, 1.82) is 0 Å². The van der Waals surface area contributed by atoms with Gasteiger partial charge in [-0.05, 0) is 60.9 Å². The van der Waals surface area contributed by atoms with E-state index in [2.05, 4.69) is 107 Å². The topological polar surface area (TPSA) is 51.0 Å². The number of aliphatic imine (C=N–C) groups is 1. The molecule has 0 saturated carbocycles. The molecule has 0 unspecified atom stereocenters. The van der Waals surface area contributed by atoms with E-state index in [1.165, 1.54) is 32.1 Å². The Morgan fingerprint density at radius 1 is 0.568 bits per heavy atom. The zero-order chi connectivity index (χ0) is 30.4. The largest absolute Gasteiger partial charge is 0.262 e. The normalized spacial score (nSPS) is 15.6. The second-order valence-electron chi connectivity index (χ2n) is 10.7. The van der Waals surface area contributed by atoms with Crippen LogP contribution in [-0.2, 0) is 0 Å². The summed E-state index contributed by atoms with van der Waals surface area (Å²) in [6.45, 7) is 1.98. The zero-order valence-corrected chi connectivity index (χ0v) is 25.9. The summed E-state index contributed by atoms with van der Waals surface area (Å²) in [7, 11) is -1.53. The standard InChI is InChI=1S/C39H34N4S/c1-4-5-13-24-40-28-33-22-20-31(26-42-33)38-36(29-15-8-6-9-16-29)37(30-17-10-7-11-18-30)39(44(38,2)3)32-21-23-35(43-27-32)34-19-12-14-25-41-34/h4-28H,1-3H3/b5-4-,24-13-,40-28?. The number of rotatable bonds is 8. The fourth-order valence-electron chi connectivity index (χ4n) is 5.62. The van der Waals surface area contributed by atoms with Gasteiger partial charge in [0.15, 0.2) is 0 Å². The van der Waals surface area contributed by atoms with Gasteiger partial charge in [-0.15, -0.1) is 0 Å². The van der Waals surface area contributed by atoms with Gasteiger partial charge in [-0.1, -0.05) is 91.0 Å². The van der Waals surface area contributed by atoms with E-state index in [4.69, 9.17) is 9.97 Å². The molecule has 0 fully saturated rings. The number of pyridine rings is 3. The molecule has 1 aliphatic heterocycles. The van der Waals surface area contributed by atoms with Gasteiger partial charge in [-0.25, -0.2) is 0 Å². The third-order valence-corrected chi connectivity index (χ3v) is 10.5. The van der Waals surface area contributed by atoms with Crippen molar-refractivity contribution in [2.24, 2.45) is 4.99 Å². The number of benzene rings is 2. The molecule has 4 nitrogen and oxygen atoms in total. The monoisotopic (exact) mass is 590 g/mol. The number of hydrogen-bond donors (Lipinski definition) is 0. The van der Waals surface area contributed by atoms with Crippen LogP contribution in [-0.4, -0.2) is 33.7 Å². The molecule has 0 amide bonds. The van der Waals surface area contributed by atoms with Crippen LogP contribution in [0.3, 0.4) is 0 Å². The second-order valence-corrected chi connectivity index (χ2v) is 14.2. The van der Waals surface area contributed by atoms with E-state index in [-0.39, 0.29) is 0 Å². The predicted molar refractivity (Wildman–Crippen MR) is 189 cm³/mol. The minimum atomic E-state index is -1.53. The Bertz CT molecular complexity index is 1880. The highest BCUT2D eigenvalue weighted by Crippen LogP contribution is 2.73. The third kappa shape index (κ3) is 5.87. The van der Waals surface area contributed by atoms with E-state index in [9.17, 15) is 0 Å². The van der Waals surface area contributed by atoms with Gasteiger partial charge in [-0.2, -0.15) is 10.0 Å². The molecule has 6 rings (SSSR count). The molecular weight excluding hydrogens is 557 g/mol.